The highest BCUT2D eigenvalue weighted by Gasteiger charge is 2.12. The highest BCUT2D eigenvalue weighted by Crippen LogP contribution is 2.32. The van der Waals surface area contributed by atoms with Crippen molar-refractivity contribution in [3.05, 3.63) is 84.9 Å². The molecule has 0 unspecified atom stereocenters. The van der Waals surface area contributed by atoms with Gasteiger partial charge in [-0.3, -0.25) is 10.1 Å². The molecule has 0 saturated heterocycles. The summed E-state index contributed by atoms with van der Waals surface area (Å²) in [5.74, 6) is -0.241. The van der Waals surface area contributed by atoms with E-state index in [2.05, 4.69) is 26.2 Å². The van der Waals surface area contributed by atoms with Gasteiger partial charge in [-0.1, -0.05) is 24.3 Å². The zero-order valence-electron chi connectivity index (χ0n) is 14.3. The molecular weight excluding hydrogens is 339 g/mol. The van der Waals surface area contributed by atoms with Crippen LogP contribution < -0.4 is 0 Å². The standard InChI is InChI=1S/C22H15FN4/c23-16-6-1-4-14(10-16)17-7-2-8-19-18(17)11-21(25-19)22-12-20(26-27-22)15-5-3-9-24-13-15/h1-13,25H,(H,26,27). The highest BCUT2D eigenvalue weighted by molar-refractivity contribution is 5.98. The van der Waals surface area contributed by atoms with Crippen molar-refractivity contribution in [2.75, 3.05) is 0 Å². The summed E-state index contributed by atoms with van der Waals surface area (Å²) >= 11 is 0. The van der Waals surface area contributed by atoms with Crippen LogP contribution in [0.2, 0.25) is 0 Å². The van der Waals surface area contributed by atoms with E-state index in [0.717, 1.165) is 44.7 Å². The first-order chi connectivity index (χ1) is 13.3. The maximum absolute atomic E-state index is 13.7. The van der Waals surface area contributed by atoms with E-state index in [4.69, 9.17) is 0 Å². The second-order valence-electron chi connectivity index (χ2n) is 6.37. The number of H-pyrrole nitrogens is 2. The minimum Gasteiger partial charge on any atom is -0.353 e. The fourth-order valence-electron chi connectivity index (χ4n) is 3.33. The normalized spacial score (nSPS) is 11.1. The Morgan fingerprint density at radius 2 is 1.70 bits per heavy atom. The smallest absolute Gasteiger partial charge is 0.123 e. The van der Waals surface area contributed by atoms with Gasteiger partial charge >= 0.3 is 0 Å². The van der Waals surface area contributed by atoms with Crippen LogP contribution in [0.25, 0.3) is 44.7 Å². The molecule has 2 N–H and O–H groups in total. The van der Waals surface area contributed by atoms with Crippen molar-refractivity contribution >= 4 is 10.9 Å². The van der Waals surface area contributed by atoms with Crippen LogP contribution in [0, 0.1) is 5.82 Å². The van der Waals surface area contributed by atoms with Gasteiger partial charge in [0.25, 0.3) is 0 Å². The van der Waals surface area contributed by atoms with Gasteiger partial charge in [-0.15, -0.1) is 0 Å². The van der Waals surface area contributed by atoms with Crippen molar-refractivity contribution in [3.8, 4) is 33.8 Å². The Balaban J connectivity index is 1.60. The van der Waals surface area contributed by atoms with Crippen LogP contribution in [0.5, 0.6) is 0 Å². The van der Waals surface area contributed by atoms with Gasteiger partial charge in [0.05, 0.1) is 17.1 Å². The van der Waals surface area contributed by atoms with Crippen molar-refractivity contribution in [1.82, 2.24) is 20.2 Å². The number of rotatable bonds is 3. The monoisotopic (exact) mass is 354 g/mol. The molecule has 5 aromatic rings. The Labute approximate surface area is 154 Å². The van der Waals surface area contributed by atoms with Gasteiger partial charge in [-0.2, -0.15) is 5.10 Å². The van der Waals surface area contributed by atoms with Crippen LogP contribution in [0.4, 0.5) is 4.39 Å². The summed E-state index contributed by atoms with van der Waals surface area (Å²) in [6, 6.07) is 20.6. The average Bonchev–Trinajstić information content (AvgIpc) is 3.35. The van der Waals surface area contributed by atoms with Crippen LogP contribution in [-0.4, -0.2) is 20.2 Å². The lowest BCUT2D eigenvalue weighted by atomic mass is 10.0. The summed E-state index contributed by atoms with van der Waals surface area (Å²) in [6.07, 6.45) is 3.52. The highest BCUT2D eigenvalue weighted by atomic mass is 19.1. The summed E-state index contributed by atoms with van der Waals surface area (Å²) in [4.78, 5) is 7.56. The molecule has 27 heavy (non-hydrogen) atoms. The van der Waals surface area contributed by atoms with Crippen LogP contribution in [0.3, 0.4) is 0 Å². The maximum atomic E-state index is 13.7. The molecule has 0 radical (unpaired) electrons. The van der Waals surface area contributed by atoms with Crippen LogP contribution in [0.1, 0.15) is 0 Å². The molecule has 130 valence electrons. The van der Waals surface area contributed by atoms with Crippen molar-refractivity contribution in [2.24, 2.45) is 0 Å². The number of halogens is 1. The molecular formula is C22H15FN4. The van der Waals surface area contributed by atoms with Crippen molar-refractivity contribution in [2.45, 2.75) is 0 Å². The first-order valence-corrected chi connectivity index (χ1v) is 8.62. The number of fused-ring (bicyclic) bond motifs is 1. The minimum absolute atomic E-state index is 0.241. The van der Waals surface area contributed by atoms with Gasteiger partial charge in [0, 0.05) is 28.9 Å². The van der Waals surface area contributed by atoms with E-state index in [0.29, 0.717) is 0 Å². The largest absolute Gasteiger partial charge is 0.353 e. The number of aromatic nitrogens is 4. The maximum Gasteiger partial charge on any atom is 0.123 e. The minimum atomic E-state index is -0.241. The fraction of sp³-hybridized carbons (Fsp3) is 0. The quantitative estimate of drug-likeness (QED) is 0.454. The van der Waals surface area contributed by atoms with Crippen LogP contribution >= 0.6 is 0 Å². The molecule has 0 spiro atoms. The Hall–Kier alpha value is -3.73. The van der Waals surface area contributed by atoms with Crippen LogP contribution in [0.15, 0.2) is 79.1 Å². The second kappa shape index (κ2) is 6.21. The van der Waals surface area contributed by atoms with Gasteiger partial charge in [0.2, 0.25) is 0 Å². The number of nitrogens with zero attached hydrogens (tertiary/aromatic N) is 2. The molecule has 0 amide bonds. The van der Waals surface area contributed by atoms with E-state index < -0.39 is 0 Å². The Morgan fingerprint density at radius 1 is 0.815 bits per heavy atom. The third kappa shape index (κ3) is 2.79. The lowest BCUT2D eigenvalue weighted by Crippen LogP contribution is -1.80. The molecule has 0 saturated carbocycles. The van der Waals surface area contributed by atoms with Gasteiger partial charge in [-0.25, -0.2) is 4.39 Å². The zero-order valence-corrected chi connectivity index (χ0v) is 14.3. The molecule has 0 bridgehead atoms. The zero-order chi connectivity index (χ0) is 18.2. The number of benzene rings is 2. The number of hydrogen-bond donors (Lipinski definition) is 2. The molecule has 3 aromatic heterocycles. The summed E-state index contributed by atoms with van der Waals surface area (Å²) in [7, 11) is 0. The second-order valence-corrected chi connectivity index (χ2v) is 6.37. The summed E-state index contributed by atoms with van der Waals surface area (Å²) in [5, 5.41) is 8.51. The van der Waals surface area contributed by atoms with Gasteiger partial charge < -0.3 is 4.98 Å². The Kier molecular flexibility index (Phi) is 3.57. The van der Waals surface area contributed by atoms with Crippen molar-refractivity contribution in [3.63, 3.8) is 0 Å². The fourth-order valence-corrected chi connectivity index (χ4v) is 3.33. The SMILES string of the molecule is Fc1cccc(-c2cccc3[nH]c(-c4cc(-c5cccnc5)n[nH]4)cc23)c1. The van der Waals surface area contributed by atoms with Gasteiger partial charge in [-0.05, 0) is 53.6 Å². The first-order valence-electron chi connectivity index (χ1n) is 8.62. The van der Waals surface area contributed by atoms with E-state index in [1.165, 1.54) is 6.07 Å². The first kappa shape index (κ1) is 15.5. The summed E-state index contributed by atoms with van der Waals surface area (Å²) in [5.41, 5.74) is 6.43. The lowest BCUT2D eigenvalue weighted by molar-refractivity contribution is 0.628. The molecule has 0 aliphatic carbocycles. The topological polar surface area (TPSA) is 57.4 Å². The van der Waals surface area contributed by atoms with Gasteiger partial charge in [0.1, 0.15) is 5.82 Å². The molecule has 3 heterocycles. The van der Waals surface area contributed by atoms with E-state index >= 15 is 0 Å². The molecule has 0 aliphatic rings. The molecule has 0 fully saturated rings. The van der Waals surface area contributed by atoms with Crippen molar-refractivity contribution < 1.29 is 4.39 Å². The third-order valence-electron chi connectivity index (χ3n) is 4.63. The molecule has 2 aromatic carbocycles. The number of pyridine rings is 1. The molecule has 5 heteroatoms. The molecule has 4 nitrogen and oxygen atoms in total. The predicted octanol–water partition coefficient (Wildman–Crippen LogP) is 5.43. The average molecular weight is 354 g/mol. The molecule has 5 rings (SSSR count). The summed E-state index contributed by atoms with van der Waals surface area (Å²) < 4.78 is 13.7. The van der Waals surface area contributed by atoms with Crippen LogP contribution in [-0.2, 0) is 0 Å². The Bertz CT molecular complexity index is 1240. The number of aromatic amines is 2. The molecule has 0 atom stereocenters. The third-order valence-corrected chi connectivity index (χ3v) is 4.63. The van der Waals surface area contributed by atoms with Crippen molar-refractivity contribution in [1.29, 1.82) is 0 Å². The van der Waals surface area contributed by atoms with E-state index in [1.54, 1.807) is 24.5 Å². The van der Waals surface area contributed by atoms with E-state index in [9.17, 15) is 4.39 Å². The number of nitrogens with one attached hydrogen (secondary N) is 2. The van der Waals surface area contributed by atoms with Gasteiger partial charge in [0.15, 0.2) is 0 Å². The van der Waals surface area contributed by atoms with E-state index in [-0.39, 0.29) is 5.82 Å². The van der Waals surface area contributed by atoms with E-state index in [1.807, 2.05) is 42.5 Å². The molecule has 0 aliphatic heterocycles. The number of hydrogen-bond acceptors (Lipinski definition) is 2. The lowest BCUT2D eigenvalue weighted by Gasteiger charge is -2.03. The Morgan fingerprint density at radius 3 is 2.56 bits per heavy atom. The predicted molar refractivity (Wildman–Crippen MR) is 105 cm³/mol. The summed E-state index contributed by atoms with van der Waals surface area (Å²) in [6.45, 7) is 0.